The fraction of sp³-hybridized carbons (Fsp3) is 0.529. The van der Waals surface area contributed by atoms with Gasteiger partial charge in [-0.2, -0.15) is 0 Å². The first-order valence-corrected chi connectivity index (χ1v) is 9.05. The molecule has 6 heteroatoms. The smallest absolute Gasteiger partial charge is 0.231 e. The van der Waals surface area contributed by atoms with Crippen molar-refractivity contribution >= 4 is 45.0 Å². The van der Waals surface area contributed by atoms with Crippen LogP contribution < -0.4 is 10.6 Å². The fourth-order valence-electron chi connectivity index (χ4n) is 3.06. The summed E-state index contributed by atoms with van der Waals surface area (Å²) in [5.41, 5.74) is -0.0505. The van der Waals surface area contributed by atoms with E-state index >= 15 is 0 Å². The molecule has 0 unspecified atom stereocenters. The van der Waals surface area contributed by atoms with Crippen LogP contribution >= 0.6 is 27.5 Å². The van der Waals surface area contributed by atoms with Gasteiger partial charge in [-0.05, 0) is 44.9 Å². The second-order valence-corrected chi connectivity index (χ2v) is 7.79. The molecule has 2 N–H and O–H groups in total. The van der Waals surface area contributed by atoms with E-state index in [1.807, 2.05) is 19.9 Å². The van der Waals surface area contributed by atoms with Crippen LogP contribution in [0.15, 0.2) is 22.7 Å². The Balaban J connectivity index is 2.13. The van der Waals surface area contributed by atoms with Crippen molar-refractivity contribution in [1.29, 1.82) is 0 Å². The van der Waals surface area contributed by atoms with E-state index in [1.165, 1.54) is 0 Å². The SMILES string of the molecule is CC(C)NC(=O)CC1(C(=O)Nc2ccc(Br)cc2Cl)CCCC1. The molecule has 1 aliphatic carbocycles. The molecule has 1 aliphatic rings. The molecule has 1 fully saturated rings. The summed E-state index contributed by atoms with van der Waals surface area (Å²) < 4.78 is 0.854. The van der Waals surface area contributed by atoms with Crippen molar-refractivity contribution < 1.29 is 9.59 Å². The topological polar surface area (TPSA) is 58.2 Å². The van der Waals surface area contributed by atoms with E-state index in [-0.39, 0.29) is 24.3 Å². The molecule has 0 saturated heterocycles. The molecule has 1 aromatic rings. The maximum atomic E-state index is 12.8. The summed E-state index contributed by atoms with van der Waals surface area (Å²) in [7, 11) is 0. The standard InChI is InChI=1S/C17H22BrClN2O2/c1-11(2)20-15(22)10-17(7-3-4-8-17)16(23)21-14-6-5-12(18)9-13(14)19/h5-6,9,11H,3-4,7-8,10H2,1-2H3,(H,20,22)(H,21,23). The highest BCUT2D eigenvalue weighted by Crippen LogP contribution is 2.42. The van der Waals surface area contributed by atoms with Gasteiger partial charge in [0.25, 0.3) is 0 Å². The van der Waals surface area contributed by atoms with Crippen LogP contribution in [-0.2, 0) is 9.59 Å². The first-order chi connectivity index (χ1) is 10.8. The quantitative estimate of drug-likeness (QED) is 0.762. The average molecular weight is 402 g/mol. The Morgan fingerprint density at radius 1 is 1.30 bits per heavy atom. The van der Waals surface area contributed by atoms with Gasteiger partial charge in [-0.15, -0.1) is 0 Å². The number of rotatable bonds is 5. The van der Waals surface area contributed by atoms with E-state index in [0.717, 1.165) is 30.2 Å². The summed E-state index contributed by atoms with van der Waals surface area (Å²) in [5, 5.41) is 6.27. The molecule has 1 aromatic carbocycles. The molecule has 126 valence electrons. The zero-order valence-corrected chi connectivity index (χ0v) is 15.8. The Kier molecular flexibility index (Phi) is 6.09. The molecule has 2 rings (SSSR count). The third kappa shape index (κ3) is 4.70. The molecule has 23 heavy (non-hydrogen) atoms. The monoisotopic (exact) mass is 400 g/mol. The van der Waals surface area contributed by atoms with E-state index in [0.29, 0.717) is 10.7 Å². The number of carbonyl (C=O) groups excluding carboxylic acids is 2. The predicted molar refractivity (Wildman–Crippen MR) is 96.6 cm³/mol. The molecule has 0 spiro atoms. The fourth-order valence-corrected chi connectivity index (χ4v) is 3.78. The van der Waals surface area contributed by atoms with Gasteiger partial charge in [0.05, 0.1) is 16.1 Å². The van der Waals surface area contributed by atoms with Crippen LogP contribution in [0.4, 0.5) is 5.69 Å². The van der Waals surface area contributed by atoms with Crippen molar-refractivity contribution in [3.63, 3.8) is 0 Å². The lowest BCUT2D eigenvalue weighted by atomic mass is 9.81. The normalized spacial score (nSPS) is 16.4. The summed E-state index contributed by atoms with van der Waals surface area (Å²) >= 11 is 9.52. The molecular weight excluding hydrogens is 380 g/mol. The van der Waals surface area contributed by atoms with Crippen LogP contribution in [0.5, 0.6) is 0 Å². The molecule has 2 amide bonds. The minimum atomic E-state index is -0.630. The Bertz CT molecular complexity index is 598. The molecular formula is C17H22BrClN2O2. The maximum absolute atomic E-state index is 12.8. The van der Waals surface area contributed by atoms with Gasteiger partial charge in [-0.1, -0.05) is 40.4 Å². The highest BCUT2D eigenvalue weighted by atomic mass is 79.9. The number of amides is 2. The van der Waals surface area contributed by atoms with Crippen LogP contribution in [0.25, 0.3) is 0 Å². The van der Waals surface area contributed by atoms with Crippen LogP contribution in [0.3, 0.4) is 0 Å². The zero-order chi connectivity index (χ0) is 17.0. The molecule has 0 radical (unpaired) electrons. The molecule has 0 heterocycles. The third-order valence-corrected chi connectivity index (χ3v) is 4.98. The number of nitrogens with one attached hydrogen (secondary N) is 2. The Hall–Kier alpha value is -1.07. The molecule has 1 saturated carbocycles. The van der Waals surface area contributed by atoms with E-state index in [9.17, 15) is 9.59 Å². The first kappa shape index (κ1) is 18.3. The van der Waals surface area contributed by atoms with Gasteiger partial charge in [-0.3, -0.25) is 9.59 Å². The van der Waals surface area contributed by atoms with E-state index in [4.69, 9.17) is 11.6 Å². The van der Waals surface area contributed by atoms with Crippen molar-refractivity contribution in [2.24, 2.45) is 5.41 Å². The number of anilines is 1. The van der Waals surface area contributed by atoms with Crippen LogP contribution in [-0.4, -0.2) is 17.9 Å². The zero-order valence-electron chi connectivity index (χ0n) is 13.4. The summed E-state index contributed by atoms with van der Waals surface area (Å²) in [6.07, 6.45) is 3.63. The number of carbonyl (C=O) groups is 2. The number of benzene rings is 1. The Labute approximate surface area is 150 Å². The van der Waals surface area contributed by atoms with Crippen molar-refractivity contribution in [3.8, 4) is 0 Å². The average Bonchev–Trinajstić information content (AvgIpc) is 2.90. The van der Waals surface area contributed by atoms with E-state index in [2.05, 4.69) is 26.6 Å². The van der Waals surface area contributed by atoms with Crippen molar-refractivity contribution in [3.05, 3.63) is 27.7 Å². The summed E-state index contributed by atoms with van der Waals surface area (Å²) in [4.78, 5) is 25.0. The second-order valence-electron chi connectivity index (χ2n) is 6.46. The van der Waals surface area contributed by atoms with Gasteiger partial charge < -0.3 is 10.6 Å². The number of hydrogen-bond donors (Lipinski definition) is 2. The summed E-state index contributed by atoms with van der Waals surface area (Å²) in [6.45, 7) is 3.84. The largest absolute Gasteiger partial charge is 0.354 e. The van der Waals surface area contributed by atoms with E-state index in [1.54, 1.807) is 12.1 Å². The second kappa shape index (κ2) is 7.67. The predicted octanol–water partition coefficient (Wildman–Crippen LogP) is 4.52. The number of halogens is 2. The first-order valence-electron chi connectivity index (χ1n) is 7.88. The minimum Gasteiger partial charge on any atom is -0.354 e. The number of hydrogen-bond acceptors (Lipinski definition) is 2. The van der Waals surface area contributed by atoms with Crippen LogP contribution in [0.2, 0.25) is 5.02 Å². The van der Waals surface area contributed by atoms with Gasteiger partial charge in [0.15, 0.2) is 0 Å². The lowest BCUT2D eigenvalue weighted by Crippen LogP contribution is -2.40. The highest BCUT2D eigenvalue weighted by molar-refractivity contribution is 9.10. The molecule has 0 atom stereocenters. The van der Waals surface area contributed by atoms with Gasteiger partial charge in [-0.25, -0.2) is 0 Å². The van der Waals surface area contributed by atoms with Gasteiger partial charge in [0.2, 0.25) is 11.8 Å². The molecule has 0 aliphatic heterocycles. The summed E-state index contributed by atoms with van der Waals surface area (Å²) in [6, 6.07) is 5.41. The molecule has 0 bridgehead atoms. The van der Waals surface area contributed by atoms with E-state index < -0.39 is 5.41 Å². The maximum Gasteiger partial charge on any atom is 0.231 e. The van der Waals surface area contributed by atoms with Gasteiger partial charge in [0, 0.05) is 16.9 Å². The van der Waals surface area contributed by atoms with Crippen LogP contribution in [0, 0.1) is 5.41 Å². The van der Waals surface area contributed by atoms with Crippen molar-refractivity contribution in [2.75, 3.05) is 5.32 Å². The Morgan fingerprint density at radius 3 is 2.52 bits per heavy atom. The van der Waals surface area contributed by atoms with Crippen molar-refractivity contribution in [1.82, 2.24) is 5.32 Å². The summed E-state index contributed by atoms with van der Waals surface area (Å²) in [5.74, 6) is -0.183. The highest BCUT2D eigenvalue weighted by Gasteiger charge is 2.43. The molecule has 4 nitrogen and oxygen atoms in total. The lowest BCUT2D eigenvalue weighted by Gasteiger charge is -2.27. The van der Waals surface area contributed by atoms with Crippen molar-refractivity contribution in [2.45, 2.75) is 52.0 Å². The minimum absolute atomic E-state index is 0.0704. The van der Waals surface area contributed by atoms with Gasteiger partial charge >= 0.3 is 0 Å². The molecule has 0 aromatic heterocycles. The van der Waals surface area contributed by atoms with Gasteiger partial charge in [0.1, 0.15) is 0 Å². The lowest BCUT2D eigenvalue weighted by molar-refractivity contribution is -0.132. The van der Waals surface area contributed by atoms with Crippen LogP contribution in [0.1, 0.15) is 46.0 Å². The Morgan fingerprint density at radius 2 is 1.96 bits per heavy atom. The third-order valence-electron chi connectivity index (χ3n) is 4.17.